The Balaban J connectivity index is 1.84. The summed E-state index contributed by atoms with van der Waals surface area (Å²) in [5.74, 6) is -1.62. The van der Waals surface area contributed by atoms with Crippen LogP contribution >= 0.6 is 15.9 Å². The van der Waals surface area contributed by atoms with Crippen LogP contribution in [0, 0.1) is 10.1 Å². The van der Waals surface area contributed by atoms with Gasteiger partial charge in [-0.05, 0) is 37.3 Å². The first-order chi connectivity index (χ1) is 13.3. The number of anilines is 1. The van der Waals surface area contributed by atoms with E-state index in [4.69, 9.17) is 0 Å². The summed E-state index contributed by atoms with van der Waals surface area (Å²) in [5.41, 5.74) is 0.408. The fourth-order valence-corrected chi connectivity index (χ4v) is 2.43. The highest BCUT2D eigenvalue weighted by Crippen LogP contribution is 2.14. The molecule has 1 atom stereocenters. The minimum atomic E-state index is -0.938. The molecular formula is C18H17BrN4O5. The average molecular weight is 449 g/mol. The quantitative estimate of drug-likeness (QED) is 0.441. The van der Waals surface area contributed by atoms with Gasteiger partial charge in [0, 0.05) is 27.9 Å². The van der Waals surface area contributed by atoms with Crippen molar-refractivity contribution in [3.8, 4) is 0 Å². The molecule has 2 aromatic rings. The van der Waals surface area contributed by atoms with Crippen molar-refractivity contribution in [3.05, 3.63) is 68.7 Å². The van der Waals surface area contributed by atoms with Gasteiger partial charge in [-0.3, -0.25) is 24.5 Å². The van der Waals surface area contributed by atoms with Crippen LogP contribution in [0.15, 0.2) is 53.0 Å². The number of nitro benzene ring substituents is 1. The normalized spacial score (nSPS) is 11.2. The van der Waals surface area contributed by atoms with Crippen LogP contribution in [0.4, 0.5) is 11.4 Å². The van der Waals surface area contributed by atoms with E-state index in [1.807, 2.05) is 0 Å². The summed E-state index contributed by atoms with van der Waals surface area (Å²) in [6.45, 7) is 1.17. The molecule has 9 nitrogen and oxygen atoms in total. The number of hydrogen-bond donors (Lipinski definition) is 3. The maximum atomic E-state index is 12.1. The second kappa shape index (κ2) is 9.60. The fourth-order valence-electron chi connectivity index (χ4n) is 2.17. The molecule has 0 aliphatic rings. The minimum Gasteiger partial charge on any atom is -0.345 e. The molecule has 1 unspecified atom stereocenters. The molecule has 146 valence electrons. The van der Waals surface area contributed by atoms with Gasteiger partial charge in [-0.25, -0.2) is 0 Å². The maximum Gasteiger partial charge on any atom is 0.270 e. The van der Waals surface area contributed by atoms with Crippen molar-refractivity contribution < 1.29 is 19.3 Å². The van der Waals surface area contributed by atoms with Gasteiger partial charge in [0.2, 0.25) is 11.8 Å². The molecule has 0 aliphatic heterocycles. The lowest BCUT2D eigenvalue weighted by atomic mass is 10.1. The standard InChI is InChI=1S/C18H17BrN4O5/c1-11(21-18(26)12-3-2-4-15(9-12)23(27)28)17(25)20-10-16(24)22-14-7-5-13(19)6-8-14/h2-9,11H,10H2,1H3,(H,20,25)(H,21,26)(H,22,24). The molecule has 2 aromatic carbocycles. The van der Waals surface area contributed by atoms with Gasteiger partial charge in [0.1, 0.15) is 6.04 Å². The van der Waals surface area contributed by atoms with E-state index in [-0.39, 0.29) is 17.8 Å². The molecule has 0 heterocycles. The largest absolute Gasteiger partial charge is 0.345 e. The number of nitro groups is 1. The summed E-state index contributed by atoms with van der Waals surface area (Å²) in [5, 5.41) is 18.2. The summed E-state index contributed by atoms with van der Waals surface area (Å²) >= 11 is 3.29. The highest BCUT2D eigenvalue weighted by Gasteiger charge is 2.18. The van der Waals surface area contributed by atoms with E-state index < -0.39 is 28.7 Å². The first kappa shape index (κ1) is 21.0. The predicted molar refractivity (Wildman–Crippen MR) is 106 cm³/mol. The highest BCUT2D eigenvalue weighted by atomic mass is 79.9. The molecule has 0 spiro atoms. The summed E-state index contributed by atoms with van der Waals surface area (Å²) in [4.78, 5) is 46.2. The van der Waals surface area contributed by atoms with Crippen LogP contribution in [-0.2, 0) is 9.59 Å². The van der Waals surface area contributed by atoms with Gasteiger partial charge in [0.25, 0.3) is 11.6 Å². The number of halogens is 1. The monoisotopic (exact) mass is 448 g/mol. The van der Waals surface area contributed by atoms with Crippen LogP contribution < -0.4 is 16.0 Å². The van der Waals surface area contributed by atoms with Crippen LogP contribution in [0.1, 0.15) is 17.3 Å². The van der Waals surface area contributed by atoms with Gasteiger partial charge in [-0.2, -0.15) is 0 Å². The molecule has 3 amide bonds. The lowest BCUT2D eigenvalue weighted by Crippen LogP contribution is -2.46. The Morgan fingerprint density at radius 1 is 1.14 bits per heavy atom. The number of hydrogen-bond acceptors (Lipinski definition) is 5. The zero-order chi connectivity index (χ0) is 20.7. The van der Waals surface area contributed by atoms with E-state index in [1.165, 1.54) is 25.1 Å². The van der Waals surface area contributed by atoms with E-state index in [9.17, 15) is 24.5 Å². The van der Waals surface area contributed by atoms with Gasteiger partial charge >= 0.3 is 0 Å². The van der Waals surface area contributed by atoms with Crippen LogP contribution in [0.2, 0.25) is 0 Å². The molecule has 0 saturated carbocycles. The Morgan fingerprint density at radius 3 is 2.46 bits per heavy atom. The van der Waals surface area contributed by atoms with Gasteiger partial charge in [-0.1, -0.05) is 22.0 Å². The third-order valence-electron chi connectivity index (χ3n) is 3.61. The second-order valence-corrected chi connectivity index (χ2v) is 6.69. The molecular weight excluding hydrogens is 432 g/mol. The number of carbonyl (C=O) groups is 3. The molecule has 0 bridgehead atoms. The minimum absolute atomic E-state index is 0.0573. The molecule has 0 radical (unpaired) electrons. The van der Waals surface area contributed by atoms with Crippen molar-refractivity contribution in [2.75, 3.05) is 11.9 Å². The predicted octanol–water partition coefficient (Wildman–Crippen LogP) is 2.23. The van der Waals surface area contributed by atoms with E-state index in [2.05, 4.69) is 31.9 Å². The second-order valence-electron chi connectivity index (χ2n) is 5.78. The fraction of sp³-hybridized carbons (Fsp3) is 0.167. The molecule has 0 saturated heterocycles. The summed E-state index contributed by atoms with van der Waals surface area (Å²) in [6.07, 6.45) is 0. The van der Waals surface area contributed by atoms with Gasteiger partial charge in [0.05, 0.1) is 11.5 Å². The molecule has 10 heteroatoms. The Morgan fingerprint density at radius 2 is 1.82 bits per heavy atom. The summed E-state index contributed by atoms with van der Waals surface area (Å²) in [6, 6.07) is 11.1. The Kier molecular flexibility index (Phi) is 7.21. The Hall–Kier alpha value is -3.27. The van der Waals surface area contributed by atoms with Crippen LogP contribution in [-0.4, -0.2) is 35.2 Å². The lowest BCUT2D eigenvalue weighted by molar-refractivity contribution is -0.384. The number of nitrogens with zero attached hydrogens (tertiary/aromatic N) is 1. The van der Waals surface area contributed by atoms with Crippen molar-refractivity contribution in [3.63, 3.8) is 0 Å². The molecule has 0 aliphatic carbocycles. The molecule has 3 N–H and O–H groups in total. The smallest absolute Gasteiger partial charge is 0.270 e. The van der Waals surface area contributed by atoms with Crippen molar-refractivity contribution in [1.29, 1.82) is 0 Å². The Labute approximate surface area is 168 Å². The van der Waals surface area contributed by atoms with E-state index in [1.54, 1.807) is 24.3 Å². The Bertz CT molecular complexity index is 901. The maximum absolute atomic E-state index is 12.1. The van der Waals surface area contributed by atoms with Gasteiger partial charge < -0.3 is 16.0 Å². The highest BCUT2D eigenvalue weighted by molar-refractivity contribution is 9.10. The molecule has 2 rings (SSSR count). The number of benzene rings is 2. The van der Waals surface area contributed by atoms with Crippen LogP contribution in [0.5, 0.6) is 0 Å². The summed E-state index contributed by atoms with van der Waals surface area (Å²) in [7, 11) is 0. The van der Waals surface area contributed by atoms with Crippen molar-refractivity contribution >= 4 is 45.0 Å². The van der Waals surface area contributed by atoms with Gasteiger partial charge in [0.15, 0.2) is 0 Å². The number of non-ortho nitro benzene ring substituents is 1. The first-order valence-corrected chi connectivity index (χ1v) is 8.94. The number of rotatable bonds is 7. The SMILES string of the molecule is CC(NC(=O)c1cccc([N+](=O)[O-])c1)C(=O)NCC(=O)Nc1ccc(Br)cc1. The zero-order valence-electron chi connectivity index (χ0n) is 14.8. The molecule has 28 heavy (non-hydrogen) atoms. The van der Waals surface area contributed by atoms with Crippen molar-refractivity contribution in [1.82, 2.24) is 10.6 Å². The molecule has 0 aromatic heterocycles. The van der Waals surface area contributed by atoms with Crippen LogP contribution in [0.25, 0.3) is 0 Å². The van der Waals surface area contributed by atoms with E-state index in [0.29, 0.717) is 5.69 Å². The van der Waals surface area contributed by atoms with Crippen molar-refractivity contribution in [2.24, 2.45) is 0 Å². The van der Waals surface area contributed by atoms with Crippen LogP contribution in [0.3, 0.4) is 0 Å². The van der Waals surface area contributed by atoms with E-state index >= 15 is 0 Å². The van der Waals surface area contributed by atoms with Gasteiger partial charge in [-0.15, -0.1) is 0 Å². The number of nitrogens with one attached hydrogen (secondary N) is 3. The van der Waals surface area contributed by atoms with E-state index in [0.717, 1.165) is 10.5 Å². The number of carbonyl (C=O) groups excluding carboxylic acids is 3. The lowest BCUT2D eigenvalue weighted by Gasteiger charge is -2.14. The molecule has 0 fully saturated rings. The topological polar surface area (TPSA) is 130 Å². The van der Waals surface area contributed by atoms with Crippen molar-refractivity contribution in [2.45, 2.75) is 13.0 Å². The number of amides is 3. The third kappa shape index (κ3) is 6.16. The average Bonchev–Trinajstić information content (AvgIpc) is 2.67. The first-order valence-electron chi connectivity index (χ1n) is 8.14. The summed E-state index contributed by atoms with van der Waals surface area (Å²) < 4.78 is 0.868. The zero-order valence-corrected chi connectivity index (χ0v) is 16.4. The third-order valence-corrected chi connectivity index (χ3v) is 4.14.